The molecule has 28 heavy (non-hydrogen) atoms. The number of nitrogens with one attached hydrogen (secondary N) is 1. The van der Waals surface area contributed by atoms with Gasteiger partial charge in [-0.15, -0.1) is 0 Å². The van der Waals surface area contributed by atoms with Crippen molar-refractivity contribution in [2.45, 2.75) is 57.6 Å². The lowest BCUT2D eigenvalue weighted by molar-refractivity contribution is -0.0449. The average molecular weight is 377 g/mol. The van der Waals surface area contributed by atoms with Gasteiger partial charge in [0.1, 0.15) is 5.60 Å². The molecule has 2 aliphatic rings. The second-order valence-corrected chi connectivity index (χ2v) is 7.49. The SMILES string of the molecule is CCn1ncc2c(Nc3ncccn3)c(C3=NOC4(CCCCC4)C3)cnc21. The third-order valence-corrected chi connectivity index (χ3v) is 5.68. The van der Waals surface area contributed by atoms with Gasteiger partial charge in [0.05, 0.1) is 23.0 Å². The van der Waals surface area contributed by atoms with Crippen molar-refractivity contribution in [2.75, 3.05) is 5.32 Å². The minimum Gasteiger partial charge on any atom is -0.389 e. The Kier molecular flexibility index (Phi) is 4.18. The summed E-state index contributed by atoms with van der Waals surface area (Å²) in [6.45, 7) is 2.81. The fraction of sp³-hybridized carbons (Fsp3) is 0.450. The molecule has 8 heteroatoms. The van der Waals surface area contributed by atoms with Crippen LogP contribution in [-0.2, 0) is 11.4 Å². The molecule has 1 N–H and O–H groups in total. The highest BCUT2D eigenvalue weighted by molar-refractivity contribution is 6.11. The van der Waals surface area contributed by atoms with Crippen molar-refractivity contribution in [3.8, 4) is 0 Å². The zero-order chi connectivity index (χ0) is 19.0. The molecular weight excluding hydrogens is 354 g/mol. The van der Waals surface area contributed by atoms with Crippen LogP contribution >= 0.6 is 0 Å². The molecule has 144 valence electrons. The molecule has 1 aliphatic heterocycles. The Hall–Kier alpha value is -3.03. The molecule has 8 nitrogen and oxygen atoms in total. The van der Waals surface area contributed by atoms with Gasteiger partial charge in [0.25, 0.3) is 0 Å². The van der Waals surface area contributed by atoms with Crippen LogP contribution in [0.5, 0.6) is 0 Å². The molecule has 0 amide bonds. The highest BCUT2D eigenvalue weighted by Gasteiger charge is 2.41. The number of aryl methyl sites for hydroxylation is 1. The van der Waals surface area contributed by atoms with Crippen LogP contribution in [0.2, 0.25) is 0 Å². The van der Waals surface area contributed by atoms with Gasteiger partial charge in [-0.05, 0) is 38.7 Å². The summed E-state index contributed by atoms with van der Waals surface area (Å²) in [4.78, 5) is 19.3. The molecule has 1 saturated carbocycles. The Bertz CT molecular complexity index is 1020. The molecule has 4 heterocycles. The second-order valence-electron chi connectivity index (χ2n) is 7.49. The van der Waals surface area contributed by atoms with Gasteiger partial charge in [-0.1, -0.05) is 11.6 Å². The maximum atomic E-state index is 5.97. The molecular formula is C20H23N7O. The van der Waals surface area contributed by atoms with E-state index in [2.05, 4.69) is 37.4 Å². The van der Waals surface area contributed by atoms with Gasteiger partial charge in [0.2, 0.25) is 5.95 Å². The smallest absolute Gasteiger partial charge is 0.227 e. The van der Waals surface area contributed by atoms with Crippen LogP contribution in [0, 0.1) is 0 Å². The summed E-state index contributed by atoms with van der Waals surface area (Å²) in [5, 5.41) is 13.3. The van der Waals surface area contributed by atoms with Crippen molar-refractivity contribution in [2.24, 2.45) is 5.16 Å². The van der Waals surface area contributed by atoms with Crippen LogP contribution in [0.15, 0.2) is 36.0 Å². The Labute approximate surface area is 163 Å². The van der Waals surface area contributed by atoms with Gasteiger partial charge in [-0.3, -0.25) is 0 Å². The van der Waals surface area contributed by atoms with Crippen LogP contribution in [0.3, 0.4) is 0 Å². The lowest BCUT2D eigenvalue weighted by atomic mass is 9.81. The van der Waals surface area contributed by atoms with Crippen molar-refractivity contribution >= 4 is 28.4 Å². The number of fused-ring (bicyclic) bond motifs is 1. The van der Waals surface area contributed by atoms with E-state index in [1.165, 1.54) is 19.3 Å². The van der Waals surface area contributed by atoms with Gasteiger partial charge in [-0.2, -0.15) is 5.10 Å². The number of rotatable bonds is 4. The minimum absolute atomic E-state index is 0.142. The number of hydrogen-bond acceptors (Lipinski definition) is 7. The number of pyridine rings is 1. The summed E-state index contributed by atoms with van der Waals surface area (Å²) in [5.74, 6) is 0.535. The molecule has 0 saturated heterocycles. The van der Waals surface area contributed by atoms with Gasteiger partial charge in [-0.25, -0.2) is 19.6 Å². The van der Waals surface area contributed by atoms with Crippen LogP contribution in [0.25, 0.3) is 11.0 Å². The van der Waals surface area contributed by atoms with E-state index in [1.54, 1.807) is 18.5 Å². The molecule has 5 rings (SSSR count). The fourth-order valence-corrected chi connectivity index (χ4v) is 4.22. The largest absolute Gasteiger partial charge is 0.389 e. The molecule has 1 aliphatic carbocycles. The van der Waals surface area contributed by atoms with Crippen LogP contribution in [0.4, 0.5) is 11.6 Å². The van der Waals surface area contributed by atoms with Gasteiger partial charge in [0.15, 0.2) is 5.65 Å². The van der Waals surface area contributed by atoms with E-state index < -0.39 is 0 Å². The van der Waals surface area contributed by atoms with Gasteiger partial charge < -0.3 is 10.2 Å². The van der Waals surface area contributed by atoms with Crippen molar-refractivity contribution in [1.82, 2.24) is 24.7 Å². The number of oxime groups is 1. The van der Waals surface area contributed by atoms with Gasteiger partial charge >= 0.3 is 0 Å². The first-order valence-corrected chi connectivity index (χ1v) is 9.92. The van der Waals surface area contributed by atoms with Crippen molar-refractivity contribution in [3.05, 3.63) is 36.4 Å². The Morgan fingerprint density at radius 1 is 1.11 bits per heavy atom. The van der Waals surface area contributed by atoms with E-state index in [0.29, 0.717) is 5.95 Å². The normalized spacial score (nSPS) is 18.2. The summed E-state index contributed by atoms with van der Waals surface area (Å²) in [7, 11) is 0. The van der Waals surface area contributed by atoms with Crippen LogP contribution in [-0.4, -0.2) is 36.0 Å². The van der Waals surface area contributed by atoms with Crippen molar-refractivity contribution in [1.29, 1.82) is 0 Å². The zero-order valence-corrected chi connectivity index (χ0v) is 15.9. The summed E-state index contributed by atoms with van der Waals surface area (Å²) in [6, 6.07) is 1.80. The molecule has 0 radical (unpaired) electrons. The van der Waals surface area contributed by atoms with Gasteiger partial charge in [0, 0.05) is 37.1 Å². The molecule has 0 bridgehead atoms. The molecule has 1 fully saturated rings. The van der Waals surface area contributed by atoms with Crippen molar-refractivity contribution in [3.63, 3.8) is 0 Å². The monoisotopic (exact) mass is 377 g/mol. The molecule has 3 aromatic rings. The lowest BCUT2D eigenvalue weighted by Crippen LogP contribution is -2.31. The quantitative estimate of drug-likeness (QED) is 0.743. The fourth-order valence-electron chi connectivity index (χ4n) is 4.22. The van der Waals surface area contributed by atoms with E-state index in [0.717, 1.165) is 53.8 Å². The van der Waals surface area contributed by atoms with E-state index in [4.69, 9.17) is 4.84 Å². The number of anilines is 2. The average Bonchev–Trinajstić information content (AvgIpc) is 3.34. The number of hydrogen-bond donors (Lipinski definition) is 1. The first kappa shape index (κ1) is 17.1. The highest BCUT2D eigenvalue weighted by atomic mass is 16.7. The molecule has 3 aromatic heterocycles. The maximum absolute atomic E-state index is 5.97. The van der Waals surface area contributed by atoms with Crippen molar-refractivity contribution < 1.29 is 4.84 Å². The van der Waals surface area contributed by atoms with E-state index >= 15 is 0 Å². The summed E-state index contributed by atoms with van der Waals surface area (Å²) in [5.41, 5.74) is 3.43. The maximum Gasteiger partial charge on any atom is 0.227 e. The summed E-state index contributed by atoms with van der Waals surface area (Å²) in [6.07, 6.45) is 13.8. The molecule has 1 spiro atoms. The Morgan fingerprint density at radius 3 is 2.71 bits per heavy atom. The first-order valence-electron chi connectivity index (χ1n) is 9.92. The van der Waals surface area contributed by atoms with Crippen LogP contribution < -0.4 is 5.32 Å². The third-order valence-electron chi connectivity index (χ3n) is 5.68. The highest BCUT2D eigenvalue weighted by Crippen LogP contribution is 2.41. The number of nitrogens with zero attached hydrogens (tertiary/aromatic N) is 6. The number of aromatic nitrogens is 5. The minimum atomic E-state index is -0.142. The topological polar surface area (TPSA) is 90.1 Å². The van der Waals surface area contributed by atoms with Crippen LogP contribution in [0.1, 0.15) is 51.0 Å². The van der Waals surface area contributed by atoms with E-state index in [9.17, 15) is 0 Å². The predicted octanol–water partition coefficient (Wildman–Crippen LogP) is 3.81. The second kappa shape index (κ2) is 6.85. The Morgan fingerprint density at radius 2 is 1.93 bits per heavy atom. The first-order chi connectivity index (χ1) is 13.8. The molecule has 0 aromatic carbocycles. The molecule has 0 unspecified atom stereocenters. The molecule has 0 atom stereocenters. The summed E-state index contributed by atoms with van der Waals surface area (Å²) >= 11 is 0. The third kappa shape index (κ3) is 2.89. The zero-order valence-electron chi connectivity index (χ0n) is 15.9. The summed E-state index contributed by atoms with van der Waals surface area (Å²) < 4.78 is 1.88. The van der Waals surface area contributed by atoms with E-state index in [1.807, 2.05) is 17.1 Å². The Balaban J connectivity index is 1.57. The predicted molar refractivity (Wildman–Crippen MR) is 107 cm³/mol. The standard InChI is InChI=1S/C20H23N7O/c1-2-27-18-15(13-24-27)17(25-19-21-9-6-10-22-19)14(12-23-18)16-11-20(28-26-16)7-4-3-5-8-20/h6,9-10,12-13H,2-5,7-8,11H2,1H3,(H,21,22,23,25). The lowest BCUT2D eigenvalue weighted by Gasteiger charge is -2.30. The van der Waals surface area contributed by atoms with E-state index in [-0.39, 0.29) is 5.60 Å².